The van der Waals surface area contributed by atoms with E-state index in [1.165, 1.54) is 37.0 Å². The molecule has 1 aliphatic rings. The molecule has 0 bridgehead atoms. The maximum Gasteiger partial charge on any atom is 0.0541 e. The second-order valence-corrected chi connectivity index (χ2v) is 7.24. The topological polar surface area (TPSA) is 26.0 Å². The van der Waals surface area contributed by atoms with Gasteiger partial charge in [0.05, 0.1) is 5.02 Å². The van der Waals surface area contributed by atoms with Crippen LogP contribution in [0, 0.1) is 11.8 Å². The quantitative estimate of drug-likeness (QED) is 0.830. The number of nitrogens with two attached hydrogens (primary N) is 1. The number of thioether (sulfide) groups is 1. The van der Waals surface area contributed by atoms with Gasteiger partial charge < -0.3 is 5.73 Å². The Morgan fingerprint density at radius 3 is 2.79 bits per heavy atom. The molecule has 0 heterocycles. The van der Waals surface area contributed by atoms with Crippen LogP contribution in [0.5, 0.6) is 0 Å². The molecule has 3 atom stereocenters. The minimum absolute atomic E-state index is 0.634. The van der Waals surface area contributed by atoms with Crippen molar-refractivity contribution in [3.05, 3.63) is 29.3 Å². The van der Waals surface area contributed by atoms with Crippen molar-refractivity contribution >= 4 is 23.4 Å². The lowest BCUT2D eigenvalue weighted by Crippen LogP contribution is -2.32. The molecule has 2 rings (SSSR count). The average Bonchev–Trinajstić information content (AvgIpc) is 2.42. The van der Waals surface area contributed by atoms with Gasteiger partial charge in [0, 0.05) is 10.1 Å². The van der Waals surface area contributed by atoms with Crippen LogP contribution in [0.2, 0.25) is 5.02 Å². The third-order valence-corrected chi connectivity index (χ3v) is 6.08. The summed E-state index contributed by atoms with van der Waals surface area (Å²) >= 11 is 8.22. The van der Waals surface area contributed by atoms with Gasteiger partial charge in [-0.25, -0.2) is 0 Å². The number of halogens is 1. The van der Waals surface area contributed by atoms with Gasteiger partial charge in [-0.05, 0) is 43.4 Å². The number of benzene rings is 1. The van der Waals surface area contributed by atoms with Gasteiger partial charge in [0.25, 0.3) is 0 Å². The molecule has 3 heteroatoms. The summed E-state index contributed by atoms with van der Waals surface area (Å²) in [4.78, 5) is 1.21. The molecule has 106 valence electrons. The Morgan fingerprint density at radius 2 is 2.11 bits per heavy atom. The van der Waals surface area contributed by atoms with Crippen LogP contribution in [0.15, 0.2) is 29.2 Å². The molecule has 1 saturated carbocycles. The third-order valence-electron chi connectivity index (χ3n) is 4.15. The molecule has 1 aromatic carbocycles. The Bertz CT molecular complexity index is 396. The first-order valence-corrected chi connectivity index (χ1v) is 8.61. The summed E-state index contributed by atoms with van der Waals surface area (Å²) in [5.74, 6) is 1.53. The fourth-order valence-corrected chi connectivity index (χ4v) is 4.80. The van der Waals surface area contributed by atoms with Crippen molar-refractivity contribution in [2.24, 2.45) is 17.6 Å². The van der Waals surface area contributed by atoms with Crippen LogP contribution in [0.4, 0.5) is 0 Å². The zero-order valence-electron chi connectivity index (χ0n) is 11.6. The molecule has 0 saturated heterocycles. The summed E-state index contributed by atoms with van der Waals surface area (Å²) in [5.41, 5.74) is 5.96. The average molecular weight is 298 g/mol. The first-order valence-electron chi connectivity index (χ1n) is 7.35. The fourth-order valence-electron chi connectivity index (χ4n) is 3.06. The van der Waals surface area contributed by atoms with Crippen molar-refractivity contribution in [3.8, 4) is 0 Å². The minimum atomic E-state index is 0.634. The van der Waals surface area contributed by atoms with E-state index < -0.39 is 0 Å². The van der Waals surface area contributed by atoms with E-state index in [1.54, 1.807) is 0 Å². The lowest BCUT2D eigenvalue weighted by atomic mass is 9.80. The van der Waals surface area contributed by atoms with Crippen molar-refractivity contribution in [1.82, 2.24) is 0 Å². The molecule has 1 fully saturated rings. The van der Waals surface area contributed by atoms with E-state index >= 15 is 0 Å². The molecule has 19 heavy (non-hydrogen) atoms. The van der Waals surface area contributed by atoms with Crippen LogP contribution in [0.1, 0.15) is 39.0 Å². The SMILES string of the molecule is CCCC1CCC(CN)C(Sc2ccccc2Cl)C1. The normalized spacial score (nSPS) is 27.4. The van der Waals surface area contributed by atoms with Crippen LogP contribution < -0.4 is 5.73 Å². The Labute approximate surface area is 126 Å². The molecule has 1 aliphatic carbocycles. The highest BCUT2D eigenvalue weighted by Gasteiger charge is 2.30. The van der Waals surface area contributed by atoms with E-state index in [0.29, 0.717) is 11.2 Å². The summed E-state index contributed by atoms with van der Waals surface area (Å²) in [5, 5.41) is 1.51. The molecule has 0 aliphatic heterocycles. The van der Waals surface area contributed by atoms with E-state index in [4.69, 9.17) is 17.3 Å². The van der Waals surface area contributed by atoms with E-state index in [2.05, 4.69) is 19.1 Å². The van der Waals surface area contributed by atoms with Crippen LogP contribution in [0.3, 0.4) is 0 Å². The van der Waals surface area contributed by atoms with Crippen LogP contribution in [0.25, 0.3) is 0 Å². The second-order valence-electron chi connectivity index (χ2n) is 5.55. The van der Waals surface area contributed by atoms with Gasteiger partial charge in [0.2, 0.25) is 0 Å². The molecular weight excluding hydrogens is 274 g/mol. The highest BCUT2D eigenvalue weighted by molar-refractivity contribution is 8.00. The molecule has 3 unspecified atom stereocenters. The molecule has 1 aromatic rings. The summed E-state index contributed by atoms with van der Waals surface area (Å²) in [6.07, 6.45) is 6.59. The van der Waals surface area contributed by atoms with Crippen molar-refractivity contribution in [3.63, 3.8) is 0 Å². The van der Waals surface area contributed by atoms with Gasteiger partial charge in [-0.3, -0.25) is 0 Å². The summed E-state index contributed by atoms with van der Waals surface area (Å²) < 4.78 is 0. The van der Waals surface area contributed by atoms with E-state index in [9.17, 15) is 0 Å². The zero-order chi connectivity index (χ0) is 13.7. The molecule has 0 spiro atoms. The number of hydrogen-bond donors (Lipinski definition) is 1. The van der Waals surface area contributed by atoms with Gasteiger partial charge in [-0.2, -0.15) is 0 Å². The third kappa shape index (κ3) is 4.14. The molecule has 0 amide bonds. The van der Waals surface area contributed by atoms with Crippen LogP contribution in [-0.2, 0) is 0 Å². The first kappa shape index (κ1) is 15.2. The Morgan fingerprint density at radius 1 is 1.32 bits per heavy atom. The van der Waals surface area contributed by atoms with Crippen LogP contribution >= 0.6 is 23.4 Å². The second kappa shape index (κ2) is 7.56. The van der Waals surface area contributed by atoms with Crippen molar-refractivity contribution < 1.29 is 0 Å². The summed E-state index contributed by atoms with van der Waals surface area (Å²) in [6.45, 7) is 3.09. The lowest BCUT2D eigenvalue weighted by molar-refractivity contribution is 0.276. The monoisotopic (exact) mass is 297 g/mol. The number of hydrogen-bond acceptors (Lipinski definition) is 2. The molecule has 1 nitrogen and oxygen atoms in total. The standard InChI is InChI=1S/C16H24ClNS/c1-2-5-12-8-9-13(11-18)16(10-12)19-15-7-4-3-6-14(15)17/h3-4,6-7,12-13,16H,2,5,8-11,18H2,1H3. The van der Waals surface area contributed by atoms with E-state index in [1.807, 2.05) is 23.9 Å². The maximum absolute atomic E-state index is 6.28. The highest BCUT2D eigenvalue weighted by atomic mass is 35.5. The van der Waals surface area contributed by atoms with Crippen molar-refractivity contribution in [2.75, 3.05) is 6.54 Å². The fraction of sp³-hybridized carbons (Fsp3) is 0.625. The van der Waals surface area contributed by atoms with Gasteiger partial charge in [-0.15, -0.1) is 11.8 Å². The summed E-state index contributed by atoms with van der Waals surface area (Å²) in [7, 11) is 0. The van der Waals surface area contributed by atoms with Crippen LogP contribution in [-0.4, -0.2) is 11.8 Å². The Balaban J connectivity index is 2.04. The van der Waals surface area contributed by atoms with Gasteiger partial charge in [0.1, 0.15) is 0 Å². The predicted molar refractivity (Wildman–Crippen MR) is 85.9 cm³/mol. The Hall–Kier alpha value is -0.180. The first-order chi connectivity index (χ1) is 9.24. The zero-order valence-corrected chi connectivity index (χ0v) is 13.2. The molecule has 0 aromatic heterocycles. The van der Waals surface area contributed by atoms with Gasteiger partial charge >= 0.3 is 0 Å². The predicted octanol–water partition coefficient (Wildman–Crippen LogP) is 4.98. The van der Waals surface area contributed by atoms with Gasteiger partial charge in [0.15, 0.2) is 0 Å². The molecular formula is C16H24ClNS. The molecule has 2 N–H and O–H groups in total. The largest absolute Gasteiger partial charge is 0.330 e. The highest BCUT2D eigenvalue weighted by Crippen LogP contribution is 2.42. The smallest absolute Gasteiger partial charge is 0.0541 e. The van der Waals surface area contributed by atoms with Crippen molar-refractivity contribution in [1.29, 1.82) is 0 Å². The lowest BCUT2D eigenvalue weighted by Gasteiger charge is -2.35. The number of rotatable bonds is 5. The Kier molecular flexibility index (Phi) is 6.06. The maximum atomic E-state index is 6.28. The molecule has 0 radical (unpaired) electrons. The van der Waals surface area contributed by atoms with E-state index in [-0.39, 0.29) is 0 Å². The van der Waals surface area contributed by atoms with Crippen molar-refractivity contribution in [2.45, 2.75) is 49.2 Å². The summed E-state index contributed by atoms with van der Waals surface area (Å²) in [6, 6.07) is 8.17. The van der Waals surface area contributed by atoms with E-state index in [0.717, 1.165) is 17.5 Å². The van der Waals surface area contributed by atoms with Gasteiger partial charge in [-0.1, -0.05) is 49.9 Å². The minimum Gasteiger partial charge on any atom is -0.330 e.